The fourth-order valence-corrected chi connectivity index (χ4v) is 4.30. The lowest BCUT2D eigenvalue weighted by Crippen LogP contribution is -2.38. The van der Waals surface area contributed by atoms with Gasteiger partial charge in [-0.3, -0.25) is 14.5 Å². The van der Waals surface area contributed by atoms with Gasteiger partial charge in [0.1, 0.15) is 0 Å². The molecule has 2 saturated carbocycles. The Morgan fingerprint density at radius 3 is 2.48 bits per heavy atom. The van der Waals surface area contributed by atoms with Crippen LogP contribution in [0.4, 0.5) is 0 Å². The van der Waals surface area contributed by atoms with Gasteiger partial charge >= 0.3 is 0 Å². The summed E-state index contributed by atoms with van der Waals surface area (Å²) in [5, 5.41) is 4.93. The largest absolute Gasteiger partial charge is 0.297 e. The van der Waals surface area contributed by atoms with Gasteiger partial charge in [-0.1, -0.05) is 26.2 Å². The normalized spacial score (nSPS) is 18.8. The Balaban J connectivity index is 1.64. The molecule has 0 aliphatic heterocycles. The van der Waals surface area contributed by atoms with E-state index in [0.717, 1.165) is 29.4 Å². The molecule has 0 atom stereocenters. The van der Waals surface area contributed by atoms with Crippen molar-refractivity contribution in [3.8, 4) is 11.4 Å². The number of hydrogen-bond donors (Lipinski definition) is 0. The summed E-state index contributed by atoms with van der Waals surface area (Å²) in [6, 6.07) is 5.25. The lowest BCUT2D eigenvalue weighted by atomic mass is 9.94. The van der Waals surface area contributed by atoms with Crippen molar-refractivity contribution in [2.24, 2.45) is 0 Å². The summed E-state index contributed by atoms with van der Waals surface area (Å²) >= 11 is 5.82. The van der Waals surface area contributed by atoms with Gasteiger partial charge in [-0.25, -0.2) is 4.68 Å². The molecular weight excluding hydrogens is 330 g/mol. The number of nitrogens with zero attached hydrogens (tertiary/aromatic N) is 5. The van der Waals surface area contributed by atoms with Gasteiger partial charge in [0.2, 0.25) is 0 Å². The van der Waals surface area contributed by atoms with Gasteiger partial charge in [0, 0.05) is 30.0 Å². The van der Waals surface area contributed by atoms with Crippen LogP contribution in [0.25, 0.3) is 11.4 Å². The average molecular weight is 358 g/mol. The van der Waals surface area contributed by atoms with Gasteiger partial charge in [0.15, 0.2) is 10.6 Å². The SMILES string of the molecule is CCN(Cn1nc(-c2ccncc2)n(C2CC2)c1=S)C1CCCCC1. The number of rotatable bonds is 6. The van der Waals surface area contributed by atoms with Crippen LogP contribution in [-0.4, -0.2) is 36.8 Å². The molecule has 0 saturated heterocycles. The molecule has 2 fully saturated rings. The molecule has 0 spiro atoms. The molecule has 5 nitrogen and oxygen atoms in total. The van der Waals surface area contributed by atoms with Crippen LogP contribution < -0.4 is 0 Å². The highest BCUT2D eigenvalue weighted by Gasteiger charge is 2.30. The van der Waals surface area contributed by atoms with Crippen LogP contribution in [0.3, 0.4) is 0 Å². The van der Waals surface area contributed by atoms with E-state index in [4.69, 9.17) is 17.3 Å². The summed E-state index contributed by atoms with van der Waals surface area (Å²) in [7, 11) is 0. The van der Waals surface area contributed by atoms with Crippen molar-refractivity contribution in [2.45, 2.75) is 70.6 Å². The Kier molecular flexibility index (Phi) is 4.99. The molecule has 134 valence electrons. The molecular formula is C19H27N5S. The molecule has 6 heteroatoms. The Bertz CT molecular complexity index is 756. The van der Waals surface area contributed by atoms with Crippen molar-refractivity contribution in [1.29, 1.82) is 0 Å². The predicted octanol–water partition coefficient (Wildman–Crippen LogP) is 4.42. The van der Waals surface area contributed by atoms with Crippen LogP contribution in [0.2, 0.25) is 0 Å². The van der Waals surface area contributed by atoms with Gasteiger partial charge in [-0.15, -0.1) is 0 Å². The van der Waals surface area contributed by atoms with Crippen molar-refractivity contribution >= 4 is 12.2 Å². The van der Waals surface area contributed by atoms with E-state index >= 15 is 0 Å². The molecule has 0 radical (unpaired) electrons. The number of pyridine rings is 1. The lowest BCUT2D eigenvalue weighted by Gasteiger charge is -2.33. The highest BCUT2D eigenvalue weighted by atomic mass is 32.1. The van der Waals surface area contributed by atoms with E-state index in [-0.39, 0.29) is 0 Å². The number of aromatic nitrogens is 4. The molecule has 2 aromatic rings. The molecule has 0 aromatic carbocycles. The van der Waals surface area contributed by atoms with Crippen molar-refractivity contribution < 1.29 is 0 Å². The van der Waals surface area contributed by atoms with Gasteiger partial charge in [-0.05, 0) is 56.6 Å². The first-order chi connectivity index (χ1) is 12.3. The van der Waals surface area contributed by atoms with Gasteiger partial charge in [-0.2, -0.15) is 5.10 Å². The summed E-state index contributed by atoms with van der Waals surface area (Å²) in [6.45, 7) is 4.10. The van der Waals surface area contributed by atoms with Crippen LogP contribution in [-0.2, 0) is 6.67 Å². The monoisotopic (exact) mass is 357 g/mol. The topological polar surface area (TPSA) is 38.9 Å². The molecule has 0 bridgehead atoms. The quantitative estimate of drug-likeness (QED) is 0.717. The second-order valence-electron chi connectivity index (χ2n) is 7.28. The molecule has 2 aliphatic carbocycles. The van der Waals surface area contributed by atoms with Crippen LogP contribution >= 0.6 is 12.2 Å². The third kappa shape index (κ3) is 3.55. The minimum atomic E-state index is 0.522. The molecule has 0 unspecified atom stereocenters. The Morgan fingerprint density at radius 1 is 1.12 bits per heavy atom. The molecule has 0 amide bonds. The van der Waals surface area contributed by atoms with Crippen LogP contribution in [0.15, 0.2) is 24.5 Å². The Labute approximate surface area is 154 Å². The second-order valence-corrected chi connectivity index (χ2v) is 7.65. The van der Waals surface area contributed by atoms with Crippen molar-refractivity contribution in [3.63, 3.8) is 0 Å². The van der Waals surface area contributed by atoms with Crippen molar-refractivity contribution in [2.75, 3.05) is 6.54 Å². The first kappa shape index (κ1) is 16.9. The highest BCUT2D eigenvalue weighted by molar-refractivity contribution is 7.71. The average Bonchev–Trinajstić information content (AvgIpc) is 3.45. The fourth-order valence-electron chi connectivity index (χ4n) is 3.96. The second kappa shape index (κ2) is 7.38. The third-order valence-corrected chi connectivity index (χ3v) is 5.94. The molecule has 4 rings (SSSR count). The maximum Gasteiger partial charge on any atom is 0.199 e. The van der Waals surface area contributed by atoms with E-state index in [9.17, 15) is 0 Å². The smallest absolute Gasteiger partial charge is 0.199 e. The lowest BCUT2D eigenvalue weighted by molar-refractivity contribution is 0.119. The van der Waals surface area contributed by atoms with Gasteiger partial charge in [0.25, 0.3) is 0 Å². The molecule has 2 heterocycles. The zero-order chi connectivity index (χ0) is 17.2. The van der Waals surface area contributed by atoms with E-state index < -0.39 is 0 Å². The van der Waals surface area contributed by atoms with Crippen LogP contribution in [0.5, 0.6) is 0 Å². The number of hydrogen-bond acceptors (Lipinski definition) is 4. The summed E-state index contributed by atoms with van der Waals surface area (Å²) in [6.07, 6.45) is 12.8. The van der Waals surface area contributed by atoms with Gasteiger partial charge < -0.3 is 0 Å². The van der Waals surface area contributed by atoms with Crippen LogP contribution in [0, 0.1) is 4.77 Å². The standard InChI is InChI=1S/C19H27N5S/c1-2-22(16-6-4-3-5-7-16)14-23-19(25)24(17-8-9-17)18(21-23)15-10-12-20-13-11-15/h10-13,16-17H,2-9,14H2,1H3. The summed E-state index contributed by atoms with van der Waals surface area (Å²) in [5.74, 6) is 0.995. The van der Waals surface area contributed by atoms with E-state index in [1.807, 2.05) is 29.2 Å². The molecule has 2 aromatic heterocycles. The zero-order valence-corrected chi connectivity index (χ0v) is 15.8. The maximum absolute atomic E-state index is 5.82. The maximum atomic E-state index is 5.82. The van der Waals surface area contributed by atoms with Crippen molar-refractivity contribution in [3.05, 3.63) is 29.3 Å². The van der Waals surface area contributed by atoms with E-state index in [1.165, 1.54) is 44.9 Å². The summed E-state index contributed by atoms with van der Waals surface area (Å²) < 4.78 is 5.17. The summed E-state index contributed by atoms with van der Waals surface area (Å²) in [5.41, 5.74) is 1.10. The minimum absolute atomic E-state index is 0.522. The Hall–Kier alpha value is -1.53. The predicted molar refractivity (Wildman–Crippen MR) is 102 cm³/mol. The third-order valence-electron chi connectivity index (χ3n) is 5.53. The zero-order valence-electron chi connectivity index (χ0n) is 15.0. The minimum Gasteiger partial charge on any atom is -0.297 e. The molecule has 2 aliphatic rings. The van der Waals surface area contributed by atoms with E-state index in [0.29, 0.717) is 12.1 Å². The first-order valence-electron chi connectivity index (χ1n) is 9.61. The molecule has 25 heavy (non-hydrogen) atoms. The Morgan fingerprint density at radius 2 is 1.84 bits per heavy atom. The van der Waals surface area contributed by atoms with E-state index in [2.05, 4.69) is 21.4 Å². The highest BCUT2D eigenvalue weighted by Crippen LogP contribution is 2.38. The van der Waals surface area contributed by atoms with Crippen molar-refractivity contribution in [1.82, 2.24) is 24.2 Å². The summed E-state index contributed by atoms with van der Waals surface area (Å²) in [4.78, 5) is 6.69. The molecule has 0 N–H and O–H groups in total. The fraction of sp³-hybridized carbons (Fsp3) is 0.632. The van der Waals surface area contributed by atoms with Gasteiger partial charge in [0.05, 0.1) is 6.67 Å². The van der Waals surface area contributed by atoms with E-state index in [1.54, 1.807) is 0 Å². The first-order valence-corrected chi connectivity index (χ1v) is 10.0. The van der Waals surface area contributed by atoms with Crippen LogP contribution in [0.1, 0.15) is 57.9 Å².